The summed E-state index contributed by atoms with van der Waals surface area (Å²) < 4.78 is 18.0. The molecule has 0 radical (unpaired) electrons. The maximum absolute atomic E-state index is 13.3. The maximum atomic E-state index is 13.3. The molecule has 0 saturated heterocycles. The highest BCUT2D eigenvalue weighted by molar-refractivity contribution is 5.93. The van der Waals surface area contributed by atoms with E-state index in [1.165, 1.54) is 18.2 Å². The van der Waals surface area contributed by atoms with E-state index in [0.29, 0.717) is 11.1 Å². The summed E-state index contributed by atoms with van der Waals surface area (Å²) in [5.41, 5.74) is 9.02. The minimum atomic E-state index is -0.737. The van der Waals surface area contributed by atoms with E-state index in [1.807, 2.05) is 0 Å². The first kappa shape index (κ1) is 13.7. The van der Waals surface area contributed by atoms with E-state index in [-0.39, 0.29) is 12.3 Å². The molecule has 5 nitrogen and oxygen atoms in total. The molecule has 0 unspecified atom stereocenters. The molecule has 6 heteroatoms. The fraction of sp³-hybridized carbons (Fsp3) is 0.250. The minimum absolute atomic E-state index is 0.166. The average molecular weight is 249 g/mol. The largest absolute Gasteiger partial charge is 0.462 e. The lowest BCUT2D eigenvalue weighted by Gasteiger charge is -2.04. The third kappa shape index (κ3) is 3.33. The van der Waals surface area contributed by atoms with Gasteiger partial charge in [0, 0.05) is 4.91 Å². The monoisotopic (exact) mass is 249 g/mol. The van der Waals surface area contributed by atoms with E-state index in [0.717, 1.165) is 0 Å². The molecule has 0 atom stereocenters. The topological polar surface area (TPSA) is 75.1 Å². The van der Waals surface area contributed by atoms with E-state index in [9.17, 15) is 9.18 Å². The summed E-state index contributed by atoms with van der Waals surface area (Å²) in [7, 11) is 0. The van der Waals surface area contributed by atoms with Crippen LogP contribution in [-0.4, -0.2) is 12.6 Å². The normalized spacial score (nSPS) is 10.7. The van der Waals surface area contributed by atoms with Crippen LogP contribution in [0.25, 0.3) is 16.5 Å². The lowest BCUT2D eigenvalue weighted by atomic mass is 10.1. The molecule has 1 rings (SSSR count). The number of hydrogen-bond donors (Lipinski definition) is 0. The summed E-state index contributed by atoms with van der Waals surface area (Å²) in [5.74, 6) is -1.13. The van der Waals surface area contributed by atoms with Crippen molar-refractivity contribution in [1.29, 1.82) is 0 Å². The van der Waals surface area contributed by atoms with Crippen molar-refractivity contribution in [3.63, 3.8) is 0 Å². The van der Waals surface area contributed by atoms with Gasteiger partial charge in [-0.3, -0.25) is 0 Å². The molecule has 18 heavy (non-hydrogen) atoms. The van der Waals surface area contributed by atoms with Crippen molar-refractivity contribution in [1.82, 2.24) is 0 Å². The van der Waals surface area contributed by atoms with Crippen molar-refractivity contribution in [3.05, 3.63) is 51.3 Å². The Labute approximate surface area is 104 Å². The van der Waals surface area contributed by atoms with Crippen molar-refractivity contribution < 1.29 is 13.9 Å². The van der Waals surface area contributed by atoms with E-state index >= 15 is 0 Å². The number of hydrogen-bond acceptors (Lipinski definition) is 3. The molecule has 0 amide bonds. The number of carbonyl (C=O) groups excluding carboxylic acids is 1. The Morgan fingerprint density at radius 2 is 2.33 bits per heavy atom. The zero-order valence-corrected chi connectivity index (χ0v) is 10.1. The Morgan fingerprint density at radius 1 is 1.61 bits per heavy atom. The fourth-order valence-corrected chi connectivity index (χ4v) is 1.31. The van der Waals surface area contributed by atoms with Gasteiger partial charge in [0.15, 0.2) is 0 Å². The molecule has 0 aliphatic rings. The second kappa shape index (κ2) is 6.42. The summed E-state index contributed by atoms with van der Waals surface area (Å²) >= 11 is 0. The molecule has 0 bridgehead atoms. The average Bonchev–Trinajstić information content (AvgIpc) is 2.34. The summed E-state index contributed by atoms with van der Waals surface area (Å²) in [6.45, 7) is 3.37. The van der Waals surface area contributed by atoms with Crippen LogP contribution >= 0.6 is 0 Å². The third-order valence-electron chi connectivity index (χ3n) is 2.24. The first-order valence-corrected chi connectivity index (χ1v) is 5.29. The Bertz CT molecular complexity index is 534. The van der Waals surface area contributed by atoms with Gasteiger partial charge in [-0.2, -0.15) is 0 Å². The molecule has 0 aliphatic carbocycles. The Hall–Kier alpha value is -2.33. The second-order valence-corrected chi connectivity index (χ2v) is 3.39. The zero-order chi connectivity index (χ0) is 13.5. The van der Waals surface area contributed by atoms with E-state index in [4.69, 9.17) is 10.3 Å². The number of azide groups is 1. The molecule has 94 valence electrons. The van der Waals surface area contributed by atoms with Crippen LogP contribution in [-0.2, 0) is 9.53 Å². The number of nitrogens with zero attached hydrogens (tertiary/aromatic N) is 3. The predicted octanol–water partition coefficient (Wildman–Crippen LogP) is 3.35. The van der Waals surface area contributed by atoms with Gasteiger partial charge >= 0.3 is 5.97 Å². The highest BCUT2D eigenvalue weighted by Gasteiger charge is 2.10. The van der Waals surface area contributed by atoms with Crippen molar-refractivity contribution in [2.75, 3.05) is 6.61 Å². The third-order valence-corrected chi connectivity index (χ3v) is 2.24. The standard InChI is InChI=1S/C12H12FN3O2/c1-3-18-12(17)11(15-16-14)7-9-5-4-6-10(13)8(9)2/h4-7H,3H2,1-2H3. The first-order chi connectivity index (χ1) is 8.60. The number of halogens is 1. The fourth-order valence-electron chi connectivity index (χ4n) is 1.31. The summed E-state index contributed by atoms with van der Waals surface area (Å²) in [4.78, 5) is 14.0. The van der Waals surface area contributed by atoms with Crippen molar-refractivity contribution in [2.45, 2.75) is 13.8 Å². The molecule has 0 saturated carbocycles. The molecule has 0 spiro atoms. The SMILES string of the molecule is CCOC(=O)C(=Cc1cccc(F)c1C)N=[N+]=[N-]. The first-order valence-electron chi connectivity index (χ1n) is 5.29. The Morgan fingerprint density at radius 3 is 2.94 bits per heavy atom. The van der Waals surface area contributed by atoms with Crippen molar-refractivity contribution in [3.8, 4) is 0 Å². The Balaban J connectivity index is 3.20. The molecular weight excluding hydrogens is 237 g/mol. The number of carbonyl (C=O) groups is 1. The van der Waals surface area contributed by atoms with Crippen molar-refractivity contribution >= 4 is 12.0 Å². The van der Waals surface area contributed by atoms with Gasteiger partial charge in [0.1, 0.15) is 11.5 Å². The predicted molar refractivity (Wildman–Crippen MR) is 64.9 cm³/mol. The van der Waals surface area contributed by atoms with E-state index in [2.05, 4.69) is 10.0 Å². The lowest BCUT2D eigenvalue weighted by Crippen LogP contribution is -2.05. The molecule has 0 heterocycles. The van der Waals surface area contributed by atoms with Gasteiger partial charge < -0.3 is 4.74 Å². The second-order valence-electron chi connectivity index (χ2n) is 3.39. The quantitative estimate of drug-likeness (QED) is 0.270. The van der Waals surface area contributed by atoms with Gasteiger partial charge in [-0.15, -0.1) is 0 Å². The van der Waals surface area contributed by atoms with E-state index in [1.54, 1.807) is 19.9 Å². The maximum Gasteiger partial charge on any atom is 0.340 e. The smallest absolute Gasteiger partial charge is 0.340 e. The van der Waals surface area contributed by atoms with Crippen LogP contribution in [0, 0.1) is 12.7 Å². The van der Waals surface area contributed by atoms with Crippen LogP contribution in [0.5, 0.6) is 0 Å². The molecule has 0 fully saturated rings. The summed E-state index contributed by atoms with van der Waals surface area (Å²) in [6.07, 6.45) is 1.30. The minimum Gasteiger partial charge on any atom is -0.462 e. The molecular formula is C12H12FN3O2. The van der Waals surface area contributed by atoms with Gasteiger partial charge in [0.25, 0.3) is 0 Å². The molecule has 0 N–H and O–H groups in total. The zero-order valence-electron chi connectivity index (χ0n) is 10.1. The van der Waals surface area contributed by atoms with E-state index < -0.39 is 11.8 Å². The van der Waals surface area contributed by atoms with Crippen LogP contribution < -0.4 is 0 Å². The summed E-state index contributed by atoms with van der Waals surface area (Å²) in [5, 5.41) is 3.25. The number of esters is 1. The van der Waals surface area contributed by atoms with Gasteiger partial charge in [0.2, 0.25) is 0 Å². The number of benzene rings is 1. The molecule has 0 aromatic heterocycles. The van der Waals surface area contributed by atoms with Crippen molar-refractivity contribution in [2.24, 2.45) is 5.11 Å². The van der Waals surface area contributed by atoms with Gasteiger partial charge in [0.05, 0.1) is 6.61 Å². The van der Waals surface area contributed by atoms with Crippen LogP contribution in [0.3, 0.4) is 0 Å². The highest BCUT2D eigenvalue weighted by atomic mass is 19.1. The highest BCUT2D eigenvalue weighted by Crippen LogP contribution is 2.17. The molecule has 1 aromatic carbocycles. The van der Waals surface area contributed by atoms with Gasteiger partial charge in [-0.1, -0.05) is 17.2 Å². The van der Waals surface area contributed by atoms with Crippen LogP contribution in [0.4, 0.5) is 4.39 Å². The molecule has 0 aliphatic heterocycles. The molecule has 1 aromatic rings. The summed E-state index contributed by atoms with van der Waals surface area (Å²) in [6, 6.07) is 4.43. The van der Waals surface area contributed by atoms with Crippen LogP contribution in [0.2, 0.25) is 0 Å². The van der Waals surface area contributed by atoms with Crippen LogP contribution in [0.15, 0.2) is 29.0 Å². The van der Waals surface area contributed by atoms with Gasteiger partial charge in [-0.05, 0) is 42.6 Å². The lowest BCUT2D eigenvalue weighted by molar-refractivity contribution is -0.138. The van der Waals surface area contributed by atoms with Crippen LogP contribution in [0.1, 0.15) is 18.1 Å². The Kier molecular flexibility index (Phi) is 4.90. The van der Waals surface area contributed by atoms with Gasteiger partial charge in [-0.25, -0.2) is 9.18 Å². The number of ether oxygens (including phenoxy) is 1. The number of rotatable bonds is 4.